The Balaban J connectivity index is 2.28. The molecule has 0 radical (unpaired) electrons. The lowest BCUT2D eigenvalue weighted by molar-refractivity contribution is 1.21. The van der Waals surface area contributed by atoms with Gasteiger partial charge in [-0.1, -0.05) is 51.3 Å². The zero-order chi connectivity index (χ0) is 15.1. The first kappa shape index (κ1) is 14.8. The van der Waals surface area contributed by atoms with Crippen molar-refractivity contribution in [2.45, 2.75) is 13.8 Å². The van der Waals surface area contributed by atoms with E-state index in [4.69, 9.17) is 23.2 Å². The Labute approximate surface area is 141 Å². The molecule has 0 fully saturated rings. The maximum absolute atomic E-state index is 6.31. The highest BCUT2D eigenvalue weighted by atomic mass is 79.9. The zero-order valence-electron chi connectivity index (χ0n) is 11.4. The van der Waals surface area contributed by atoms with Crippen LogP contribution >= 0.6 is 39.1 Å². The molecule has 106 valence electrons. The molecule has 1 heterocycles. The summed E-state index contributed by atoms with van der Waals surface area (Å²) in [6, 6.07) is 9.64. The molecule has 2 nitrogen and oxygen atoms in total. The molecule has 0 bridgehead atoms. The summed E-state index contributed by atoms with van der Waals surface area (Å²) in [5.74, 6) is 0.579. The van der Waals surface area contributed by atoms with Crippen LogP contribution in [0.4, 0.5) is 0 Å². The van der Waals surface area contributed by atoms with Crippen LogP contribution in [0.5, 0.6) is 0 Å². The van der Waals surface area contributed by atoms with Crippen LogP contribution in [0.1, 0.15) is 11.1 Å². The molecule has 3 rings (SSSR count). The van der Waals surface area contributed by atoms with E-state index in [9.17, 15) is 0 Å². The van der Waals surface area contributed by atoms with Crippen LogP contribution in [-0.2, 0) is 0 Å². The molecule has 3 aromatic rings. The van der Waals surface area contributed by atoms with Gasteiger partial charge in [0.2, 0.25) is 0 Å². The molecule has 21 heavy (non-hydrogen) atoms. The lowest BCUT2D eigenvalue weighted by atomic mass is 10.1. The second kappa shape index (κ2) is 5.56. The Morgan fingerprint density at radius 1 is 1.00 bits per heavy atom. The van der Waals surface area contributed by atoms with Crippen molar-refractivity contribution in [1.82, 2.24) is 9.97 Å². The molecule has 0 aliphatic rings. The summed E-state index contributed by atoms with van der Waals surface area (Å²) in [5.41, 5.74) is 3.76. The van der Waals surface area contributed by atoms with Crippen molar-refractivity contribution < 1.29 is 0 Å². The van der Waals surface area contributed by atoms with Gasteiger partial charge in [-0.15, -0.1) is 0 Å². The highest BCUT2D eigenvalue weighted by Crippen LogP contribution is 2.31. The quantitative estimate of drug-likeness (QED) is 0.484. The van der Waals surface area contributed by atoms with Crippen LogP contribution in [0.25, 0.3) is 22.3 Å². The molecule has 0 saturated heterocycles. The fraction of sp³-hybridized carbons (Fsp3) is 0.125. The lowest BCUT2D eigenvalue weighted by Gasteiger charge is -2.09. The molecule has 0 amide bonds. The van der Waals surface area contributed by atoms with Crippen LogP contribution < -0.4 is 0 Å². The summed E-state index contributed by atoms with van der Waals surface area (Å²) in [6.45, 7) is 3.96. The number of hydrogen-bond donors (Lipinski definition) is 0. The van der Waals surface area contributed by atoms with E-state index in [0.717, 1.165) is 32.1 Å². The van der Waals surface area contributed by atoms with Crippen molar-refractivity contribution in [3.8, 4) is 11.4 Å². The Kier molecular flexibility index (Phi) is 3.91. The van der Waals surface area contributed by atoms with Crippen molar-refractivity contribution in [3.05, 3.63) is 56.1 Å². The van der Waals surface area contributed by atoms with Gasteiger partial charge in [-0.3, -0.25) is 0 Å². The van der Waals surface area contributed by atoms with E-state index in [-0.39, 0.29) is 0 Å². The Morgan fingerprint density at radius 3 is 2.48 bits per heavy atom. The van der Waals surface area contributed by atoms with E-state index >= 15 is 0 Å². The second-order valence-corrected chi connectivity index (χ2v) is 6.49. The number of fused-ring (bicyclic) bond motifs is 1. The molecule has 0 atom stereocenters. The van der Waals surface area contributed by atoms with Gasteiger partial charge < -0.3 is 0 Å². The normalized spacial score (nSPS) is 11.1. The average Bonchev–Trinajstić information content (AvgIpc) is 2.46. The van der Waals surface area contributed by atoms with Crippen LogP contribution in [0, 0.1) is 13.8 Å². The van der Waals surface area contributed by atoms with Gasteiger partial charge >= 0.3 is 0 Å². The second-order valence-electron chi connectivity index (χ2n) is 4.87. The number of benzene rings is 2. The minimum atomic E-state index is 0.447. The van der Waals surface area contributed by atoms with Gasteiger partial charge in [0.15, 0.2) is 5.82 Å². The van der Waals surface area contributed by atoms with Crippen LogP contribution in [0.2, 0.25) is 10.2 Å². The number of rotatable bonds is 1. The number of halogens is 3. The molecule has 5 heteroatoms. The van der Waals surface area contributed by atoms with Crippen molar-refractivity contribution in [2.75, 3.05) is 0 Å². The maximum Gasteiger partial charge on any atom is 0.161 e. The lowest BCUT2D eigenvalue weighted by Crippen LogP contribution is -1.94. The first-order valence-corrected chi connectivity index (χ1v) is 7.91. The Bertz CT molecular complexity index is 863. The molecule has 0 spiro atoms. The van der Waals surface area contributed by atoms with Crippen LogP contribution in [0.15, 0.2) is 34.8 Å². The van der Waals surface area contributed by atoms with Crippen molar-refractivity contribution in [2.24, 2.45) is 0 Å². The third-order valence-electron chi connectivity index (χ3n) is 3.44. The van der Waals surface area contributed by atoms with Gasteiger partial charge in [-0.25, -0.2) is 9.97 Å². The van der Waals surface area contributed by atoms with E-state index < -0.39 is 0 Å². The maximum atomic E-state index is 6.31. The summed E-state index contributed by atoms with van der Waals surface area (Å²) in [5, 5.41) is 1.99. The largest absolute Gasteiger partial charge is 0.228 e. The molecule has 0 N–H and O–H groups in total. The third kappa shape index (κ3) is 2.66. The summed E-state index contributed by atoms with van der Waals surface area (Å²) in [6.07, 6.45) is 0. The standard InChI is InChI=1S/C16H11BrCl2N2/c1-8-3-4-10(7-13(8)18)16-20-14-9(2)12(17)6-5-11(14)15(19)21-16/h3-7H,1-2H3. The Hall–Kier alpha value is -1.16. The third-order valence-corrected chi connectivity index (χ3v) is 4.99. The van der Waals surface area contributed by atoms with E-state index in [1.54, 1.807) is 0 Å². The summed E-state index contributed by atoms with van der Waals surface area (Å²) < 4.78 is 0.998. The zero-order valence-corrected chi connectivity index (χ0v) is 14.5. The van der Waals surface area contributed by atoms with Crippen molar-refractivity contribution in [3.63, 3.8) is 0 Å². The molecule has 0 aliphatic heterocycles. The predicted octanol–water partition coefficient (Wildman–Crippen LogP) is 5.98. The minimum absolute atomic E-state index is 0.447. The monoisotopic (exact) mass is 380 g/mol. The number of nitrogens with zero attached hydrogens (tertiary/aromatic N) is 2. The molecule has 2 aromatic carbocycles. The van der Waals surface area contributed by atoms with E-state index in [1.807, 2.05) is 44.2 Å². The molecule has 0 unspecified atom stereocenters. The van der Waals surface area contributed by atoms with Crippen LogP contribution in [-0.4, -0.2) is 9.97 Å². The van der Waals surface area contributed by atoms with Gasteiger partial charge in [0.05, 0.1) is 5.52 Å². The molecular formula is C16H11BrCl2N2. The van der Waals surface area contributed by atoms with Crippen LogP contribution in [0.3, 0.4) is 0 Å². The van der Waals surface area contributed by atoms with Gasteiger partial charge in [-0.2, -0.15) is 0 Å². The van der Waals surface area contributed by atoms with E-state index in [0.29, 0.717) is 16.0 Å². The average molecular weight is 382 g/mol. The SMILES string of the molecule is Cc1ccc(-c2nc(Cl)c3ccc(Br)c(C)c3n2)cc1Cl. The number of aryl methyl sites for hydroxylation is 2. The van der Waals surface area contributed by atoms with Gasteiger partial charge in [0, 0.05) is 20.4 Å². The van der Waals surface area contributed by atoms with Crippen molar-refractivity contribution >= 4 is 50.0 Å². The fourth-order valence-corrected chi connectivity index (χ4v) is 2.86. The number of aromatic nitrogens is 2. The molecule has 1 aromatic heterocycles. The van der Waals surface area contributed by atoms with Crippen molar-refractivity contribution in [1.29, 1.82) is 0 Å². The predicted molar refractivity (Wildman–Crippen MR) is 92.2 cm³/mol. The molecular weight excluding hydrogens is 371 g/mol. The van der Waals surface area contributed by atoms with Gasteiger partial charge in [0.1, 0.15) is 5.15 Å². The number of hydrogen-bond acceptors (Lipinski definition) is 2. The van der Waals surface area contributed by atoms with Gasteiger partial charge in [-0.05, 0) is 43.2 Å². The summed E-state index contributed by atoms with van der Waals surface area (Å²) in [4.78, 5) is 9.05. The van der Waals surface area contributed by atoms with E-state index in [1.165, 1.54) is 0 Å². The van der Waals surface area contributed by atoms with Gasteiger partial charge in [0.25, 0.3) is 0 Å². The highest BCUT2D eigenvalue weighted by Gasteiger charge is 2.12. The summed E-state index contributed by atoms with van der Waals surface area (Å²) >= 11 is 16.0. The first-order chi connectivity index (χ1) is 9.97. The highest BCUT2D eigenvalue weighted by molar-refractivity contribution is 9.10. The van der Waals surface area contributed by atoms with E-state index in [2.05, 4.69) is 25.9 Å². The summed E-state index contributed by atoms with van der Waals surface area (Å²) in [7, 11) is 0. The first-order valence-electron chi connectivity index (χ1n) is 6.36. The fourth-order valence-electron chi connectivity index (χ4n) is 2.13. The minimum Gasteiger partial charge on any atom is -0.228 e. The smallest absolute Gasteiger partial charge is 0.161 e. The molecule has 0 saturated carbocycles. The topological polar surface area (TPSA) is 25.8 Å². The molecule has 0 aliphatic carbocycles. The Morgan fingerprint density at radius 2 is 1.76 bits per heavy atom.